The molecule has 0 heterocycles. The second-order valence-electron chi connectivity index (χ2n) is 5.06. The number of rotatable bonds is 7. The lowest BCUT2D eigenvalue weighted by Crippen LogP contribution is -2.26. The van der Waals surface area contributed by atoms with Crippen LogP contribution in [0.4, 0.5) is 0 Å². The van der Waals surface area contributed by atoms with Gasteiger partial charge in [-0.05, 0) is 36.5 Å². The second-order valence-corrected chi connectivity index (χ2v) is 6.82. The van der Waals surface area contributed by atoms with Gasteiger partial charge in [-0.2, -0.15) is 0 Å². The van der Waals surface area contributed by atoms with E-state index in [1.54, 1.807) is 6.07 Å². The molecular weight excluding hydrogens is 278 g/mol. The Morgan fingerprint density at radius 1 is 1.35 bits per heavy atom. The van der Waals surface area contributed by atoms with Crippen LogP contribution in [0.2, 0.25) is 0 Å². The first-order valence-corrected chi connectivity index (χ1v) is 8.12. The third-order valence-corrected chi connectivity index (χ3v) is 4.48. The van der Waals surface area contributed by atoms with Crippen LogP contribution >= 0.6 is 0 Å². The molecule has 0 spiro atoms. The first-order chi connectivity index (χ1) is 9.27. The van der Waals surface area contributed by atoms with Gasteiger partial charge in [0.1, 0.15) is 0 Å². The zero-order chi connectivity index (χ0) is 15.3. The number of hydrogen-bond donors (Lipinski definition) is 2. The summed E-state index contributed by atoms with van der Waals surface area (Å²) in [5.41, 5.74) is 0.665. The van der Waals surface area contributed by atoms with Crippen molar-refractivity contribution in [3.05, 3.63) is 29.3 Å². The van der Waals surface area contributed by atoms with E-state index in [9.17, 15) is 13.2 Å². The highest BCUT2D eigenvalue weighted by Gasteiger charge is 2.18. The van der Waals surface area contributed by atoms with Gasteiger partial charge in [-0.1, -0.05) is 26.8 Å². The fraction of sp³-hybridized carbons (Fsp3) is 0.500. The molecule has 1 rings (SSSR count). The summed E-state index contributed by atoms with van der Waals surface area (Å²) in [4.78, 5) is 11.1. The summed E-state index contributed by atoms with van der Waals surface area (Å²) < 4.78 is 26.7. The van der Waals surface area contributed by atoms with Gasteiger partial charge in [-0.15, -0.1) is 0 Å². The molecule has 6 heteroatoms. The van der Waals surface area contributed by atoms with Crippen LogP contribution in [-0.2, 0) is 16.4 Å². The van der Waals surface area contributed by atoms with Crippen molar-refractivity contribution in [3.8, 4) is 0 Å². The Balaban J connectivity index is 3.01. The number of carboxylic acid groups (broad SMARTS) is 1. The number of carbonyl (C=O) groups is 1. The lowest BCUT2D eigenvalue weighted by molar-refractivity contribution is 0.0695. The van der Waals surface area contributed by atoms with Gasteiger partial charge >= 0.3 is 5.97 Å². The Hall–Kier alpha value is -1.40. The van der Waals surface area contributed by atoms with Crippen LogP contribution in [0.5, 0.6) is 0 Å². The summed E-state index contributed by atoms with van der Waals surface area (Å²) in [5.74, 6) is -0.712. The molecule has 0 bridgehead atoms. The minimum absolute atomic E-state index is 0.00384. The monoisotopic (exact) mass is 299 g/mol. The first kappa shape index (κ1) is 16.7. The van der Waals surface area contributed by atoms with Crippen molar-refractivity contribution < 1.29 is 18.3 Å². The molecule has 0 saturated carbocycles. The van der Waals surface area contributed by atoms with Gasteiger partial charge in [0, 0.05) is 6.54 Å². The van der Waals surface area contributed by atoms with Crippen LogP contribution in [0.3, 0.4) is 0 Å². The molecule has 0 radical (unpaired) electrons. The topological polar surface area (TPSA) is 83.5 Å². The maximum absolute atomic E-state index is 12.1. The van der Waals surface area contributed by atoms with Crippen LogP contribution in [0.1, 0.15) is 43.1 Å². The first-order valence-electron chi connectivity index (χ1n) is 6.63. The van der Waals surface area contributed by atoms with Gasteiger partial charge in [0.15, 0.2) is 0 Å². The Morgan fingerprint density at radius 2 is 2.00 bits per heavy atom. The summed E-state index contributed by atoms with van der Waals surface area (Å²) >= 11 is 0. The van der Waals surface area contributed by atoms with Crippen molar-refractivity contribution in [2.75, 3.05) is 6.54 Å². The average Bonchev–Trinajstić information content (AvgIpc) is 2.37. The normalized spacial score (nSPS) is 11.8. The van der Waals surface area contributed by atoms with Gasteiger partial charge in [0.2, 0.25) is 10.0 Å². The quantitative estimate of drug-likeness (QED) is 0.809. The SMILES string of the molecule is CCc1ccc(S(=O)(=O)NCCC(C)C)cc1C(=O)O. The van der Waals surface area contributed by atoms with Crippen molar-refractivity contribution in [2.24, 2.45) is 5.92 Å². The van der Waals surface area contributed by atoms with E-state index in [2.05, 4.69) is 4.72 Å². The van der Waals surface area contributed by atoms with Crippen molar-refractivity contribution in [1.82, 2.24) is 4.72 Å². The predicted molar refractivity (Wildman–Crippen MR) is 77.4 cm³/mol. The number of aryl methyl sites for hydroxylation is 1. The van der Waals surface area contributed by atoms with E-state index >= 15 is 0 Å². The van der Waals surface area contributed by atoms with Crippen molar-refractivity contribution in [2.45, 2.75) is 38.5 Å². The third kappa shape index (κ3) is 4.31. The molecule has 0 aliphatic rings. The van der Waals surface area contributed by atoms with E-state index in [1.807, 2.05) is 20.8 Å². The molecule has 1 aromatic rings. The Morgan fingerprint density at radius 3 is 2.50 bits per heavy atom. The maximum Gasteiger partial charge on any atom is 0.336 e. The van der Waals surface area contributed by atoms with Gasteiger partial charge in [0.25, 0.3) is 0 Å². The summed E-state index contributed by atoms with van der Waals surface area (Å²) in [6.07, 6.45) is 1.28. The summed E-state index contributed by atoms with van der Waals surface area (Å²) in [5, 5.41) is 9.12. The zero-order valence-electron chi connectivity index (χ0n) is 12.0. The summed E-state index contributed by atoms with van der Waals surface area (Å²) in [6, 6.07) is 4.22. The molecule has 5 nitrogen and oxygen atoms in total. The number of hydrogen-bond acceptors (Lipinski definition) is 3. The fourth-order valence-corrected chi connectivity index (χ4v) is 2.87. The minimum Gasteiger partial charge on any atom is -0.478 e. The summed E-state index contributed by atoms with van der Waals surface area (Å²) in [6.45, 7) is 6.19. The van der Waals surface area contributed by atoms with Crippen LogP contribution in [0.15, 0.2) is 23.1 Å². The predicted octanol–water partition coefficient (Wildman–Crippen LogP) is 2.27. The Kier molecular flexibility index (Phi) is 5.71. The van der Waals surface area contributed by atoms with Gasteiger partial charge in [-0.25, -0.2) is 17.9 Å². The lowest BCUT2D eigenvalue weighted by atomic mass is 10.1. The largest absolute Gasteiger partial charge is 0.478 e. The number of nitrogens with one attached hydrogen (secondary N) is 1. The summed E-state index contributed by atoms with van der Waals surface area (Å²) in [7, 11) is -3.65. The molecule has 0 aliphatic carbocycles. The van der Waals surface area contributed by atoms with Crippen LogP contribution in [0.25, 0.3) is 0 Å². The van der Waals surface area contributed by atoms with E-state index in [1.165, 1.54) is 12.1 Å². The highest BCUT2D eigenvalue weighted by molar-refractivity contribution is 7.89. The minimum atomic E-state index is -3.65. The number of sulfonamides is 1. The van der Waals surface area contributed by atoms with Gasteiger partial charge in [-0.3, -0.25) is 0 Å². The number of benzene rings is 1. The smallest absolute Gasteiger partial charge is 0.336 e. The standard InChI is InChI=1S/C14H21NO4S/c1-4-11-5-6-12(9-13(11)14(16)17)20(18,19)15-8-7-10(2)3/h5-6,9-10,15H,4,7-8H2,1-3H3,(H,16,17). The molecular formula is C14H21NO4S. The molecule has 0 atom stereocenters. The highest BCUT2D eigenvalue weighted by Crippen LogP contribution is 2.17. The average molecular weight is 299 g/mol. The molecule has 20 heavy (non-hydrogen) atoms. The molecule has 0 saturated heterocycles. The molecule has 0 amide bonds. The molecule has 112 valence electrons. The number of carboxylic acids is 1. The zero-order valence-corrected chi connectivity index (χ0v) is 12.8. The Bertz CT molecular complexity index is 579. The van der Waals surface area contributed by atoms with Crippen LogP contribution < -0.4 is 4.72 Å². The lowest BCUT2D eigenvalue weighted by Gasteiger charge is -2.10. The number of aromatic carboxylic acids is 1. The fourth-order valence-electron chi connectivity index (χ4n) is 1.80. The molecule has 0 aromatic heterocycles. The van der Waals surface area contributed by atoms with E-state index in [0.717, 1.165) is 6.42 Å². The molecule has 1 aromatic carbocycles. The van der Waals surface area contributed by atoms with Crippen molar-refractivity contribution >= 4 is 16.0 Å². The van der Waals surface area contributed by atoms with E-state index < -0.39 is 16.0 Å². The molecule has 0 aliphatic heterocycles. The van der Waals surface area contributed by atoms with Gasteiger partial charge < -0.3 is 5.11 Å². The van der Waals surface area contributed by atoms with E-state index in [0.29, 0.717) is 24.4 Å². The second kappa shape index (κ2) is 6.85. The van der Waals surface area contributed by atoms with Gasteiger partial charge in [0.05, 0.1) is 10.5 Å². The molecule has 0 fully saturated rings. The van der Waals surface area contributed by atoms with E-state index in [-0.39, 0.29) is 10.5 Å². The maximum atomic E-state index is 12.1. The van der Waals surface area contributed by atoms with Crippen molar-refractivity contribution in [1.29, 1.82) is 0 Å². The van der Waals surface area contributed by atoms with Crippen LogP contribution in [0, 0.1) is 5.92 Å². The highest BCUT2D eigenvalue weighted by atomic mass is 32.2. The molecule has 0 unspecified atom stereocenters. The third-order valence-electron chi connectivity index (χ3n) is 3.02. The molecule has 2 N–H and O–H groups in total. The van der Waals surface area contributed by atoms with Crippen molar-refractivity contribution in [3.63, 3.8) is 0 Å². The van der Waals surface area contributed by atoms with E-state index in [4.69, 9.17) is 5.11 Å². The van der Waals surface area contributed by atoms with Crippen LogP contribution in [-0.4, -0.2) is 26.0 Å². The Labute approximate surface area is 120 Å².